The summed E-state index contributed by atoms with van der Waals surface area (Å²) in [6.45, 7) is 3.84. The minimum atomic E-state index is -4.12. The fraction of sp³-hybridized carbons (Fsp3) is 0.276. The molecular formula is C29H31ClN4O7S. The molecule has 4 rings (SSSR count). The van der Waals surface area contributed by atoms with Gasteiger partial charge in [0.15, 0.2) is 6.61 Å². The summed E-state index contributed by atoms with van der Waals surface area (Å²) < 4.78 is 44.2. The van der Waals surface area contributed by atoms with Crippen LogP contribution in [0.3, 0.4) is 0 Å². The minimum Gasteiger partial charge on any atom is -0.494 e. The fourth-order valence-electron chi connectivity index (χ4n) is 3.97. The highest BCUT2D eigenvalue weighted by Crippen LogP contribution is 2.26. The van der Waals surface area contributed by atoms with Crippen molar-refractivity contribution >= 4 is 45.3 Å². The maximum Gasteiger partial charge on any atom is 0.264 e. The van der Waals surface area contributed by atoms with Gasteiger partial charge in [-0.2, -0.15) is 5.10 Å². The van der Waals surface area contributed by atoms with Gasteiger partial charge in [-0.3, -0.25) is 13.9 Å². The van der Waals surface area contributed by atoms with Gasteiger partial charge >= 0.3 is 0 Å². The first-order valence-corrected chi connectivity index (χ1v) is 15.0. The van der Waals surface area contributed by atoms with Gasteiger partial charge in [0.25, 0.3) is 21.8 Å². The van der Waals surface area contributed by atoms with Crippen LogP contribution in [0.4, 0.5) is 5.69 Å². The van der Waals surface area contributed by atoms with Crippen molar-refractivity contribution in [2.75, 3.05) is 50.4 Å². The number of ether oxygens (including phenoxy) is 3. The number of anilines is 1. The average molecular weight is 615 g/mol. The first-order valence-electron chi connectivity index (χ1n) is 13.2. The van der Waals surface area contributed by atoms with Gasteiger partial charge in [0.2, 0.25) is 0 Å². The van der Waals surface area contributed by atoms with E-state index in [9.17, 15) is 18.0 Å². The molecule has 2 amide bonds. The molecule has 11 nitrogen and oxygen atoms in total. The smallest absolute Gasteiger partial charge is 0.264 e. The molecule has 1 N–H and O–H groups in total. The molecule has 1 fully saturated rings. The topological polar surface area (TPSA) is 127 Å². The van der Waals surface area contributed by atoms with Crippen LogP contribution in [0.25, 0.3) is 0 Å². The number of amides is 2. The number of hydrazone groups is 1. The van der Waals surface area contributed by atoms with Crippen molar-refractivity contribution in [3.05, 3.63) is 83.4 Å². The maximum absolute atomic E-state index is 13.5. The van der Waals surface area contributed by atoms with Gasteiger partial charge in [0, 0.05) is 18.1 Å². The van der Waals surface area contributed by atoms with E-state index < -0.39 is 22.5 Å². The van der Waals surface area contributed by atoms with E-state index in [-0.39, 0.29) is 23.1 Å². The van der Waals surface area contributed by atoms with Crippen LogP contribution in [0.2, 0.25) is 5.02 Å². The van der Waals surface area contributed by atoms with Crippen molar-refractivity contribution < 1.29 is 32.2 Å². The molecule has 3 aromatic rings. The van der Waals surface area contributed by atoms with E-state index in [1.54, 1.807) is 53.4 Å². The molecule has 1 saturated heterocycles. The number of nitrogens with zero attached hydrogens (tertiary/aromatic N) is 3. The van der Waals surface area contributed by atoms with Gasteiger partial charge < -0.3 is 19.1 Å². The Bertz CT molecular complexity index is 1480. The van der Waals surface area contributed by atoms with Crippen molar-refractivity contribution in [3.63, 3.8) is 0 Å². The van der Waals surface area contributed by atoms with Crippen molar-refractivity contribution in [1.82, 2.24) is 10.3 Å². The summed E-state index contributed by atoms with van der Waals surface area (Å²) in [5.41, 5.74) is 3.30. The zero-order valence-corrected chi connectivity index (χ0v) is 24.5. The summed E-state index contributed by atoms with van der Waals surface area (Å²) in [4.78, 5) is 26.7. The van der Waals surface area contributed by atoms with E-state index in [2.05, 4.69) is 10.5 Å². The largest absolute Gasteiger partial charge is 0.494 e. The van der Waals surface area contributed by atoms with E-state index in [0.717, 1.165) is 4.31 Å². The molecule has 0 atom stereocenters. The Morgan fingerprint density at radius 3 is 2.24 bits per heavy atom. The second-order valence-corrected chi connectivity index (χ2v) is 11.3. The number of hydrogen-bond acceptors (Lipinski definition) is 8. The predicted octanol–water partition coefficient (Wildman–Crippen LogP) is 3.32. The lowest BCUT2D eigenvalue weighted by Gasteiger charge is -2.26. The third-order valence-corrected chi connectivity index (χ3v) is 8.17. The van der Waals surface area contributed by atoms with Crippen LogP contribution in [0.15, 0.2) is 82.8 Å². The molecule has 0 aromatic heterocycles. The highest BCUT2D eigenvalue weighted by molar-refractivity contribution is 7.92. The molecule has 1 heterocycles. The Kier molecular flexibility index (Phi) is 10.8. The van der Waals surface area contributed by atoms with Crippen LogP contribution < -0.4 is 19.2 Å². The monoisotopic (exact) mass is 614 g/mol. The van der Waals surface area contributed by atoms with Gasteiger partial charge in [-0.25, -0.2) is 13.8 Å². The summed E-state index contributed by atoms with van der Waals surface area (Å²) in [6, 6.07) is 18.9. The number of hydrogen-bond donors (Lipinski definition) is 1. The van der Waals surface area contributed by atoms with E-state index in [4.69, 9.17) is 25.8 Å². The summed E-state index contributed by atoms with van der Waals surface area (Å²) >= 11 is 5.94. The van der Waals surface area contributed by atoms with Crippen LogP contribution in [0.1, 0.15) is 12.5 Å². The standard InChI is InChI=1S/C29H31ClN4O7S/c1-2-40-25-11-7-24(8-12-25)34(42(37,38)27-13-5-23(30)6-14-27)20-28(35)32-31-19-22-3-9-26(10-4-22)41-21-29(36)33-15-17-39-18-16-33/h3-14,19H,2,15-18,20-21H2,1H3,(H,32,35)/b31-19-. The minimum absolute atomic E-state index is 0.0222. The number of sulfonamides is 1. The Morgan fingerprint density at radius 1 is 0.976 bits per heavy atom. The van der Waals surface area contributed by atoms with Gasteiger partial charge in [0.05, 0.1) is 36.6 Å². The molecule has 3 aromatic carbocycles. The number of nitrogens with one attached hydrogen (secondary N) is 1. The normalized spacial score (nSPS) is 13.5. The molecule has 0 unspecified atom stereocenters. The number of rotatable bonds is 12. The summed E-state index contributed by atoms with van der Waals surface area (Å²) in [6.07, 6.45) is 1.41. The van der Waals surface area contributed by atoms with Crippen LogP contribution >= 0.6 is 11.6 Å². The van der Waals surface area contributed by atoms with Crippen LogP contribution in [0.5, 0.6) is 11.5 Å². The Hall–Kier alpha value is -4.13. The summed E-state index contributed by atoms with van der Waals surface area (Å²) in [5, 5.41) is 4.35. The molecule has 1 aliphatic rings. The number of halogens is 1. The van der Waals surface area contributed by atoms with Crippen LogP contribution in [-0.2, 0) is 24.3 Å². The zero-order valence-electron chi connectivity index (χ0n) is 22.9. The van der Waals surface area contributed by atoms with Crippen molar-refractivity contribution in [1.29, 1.82) is 0 Å². The Labute approximate surface area is 249 Å². The summed E-state index contributed by atoms with van der Waals surface area (Å²) in [7, 11) is -4.12. The Morgan fingerprint density at radius 2 is 1.60 bits per heavy atom. The lowest BCUT2D eigenvalue weighted by atomic mass is 10.2. The fourth-order valence-corrected chi connectivity index (χ4v) is 5.51. The molecule has 0 bridgehead atoms. The molecule has 13 heteroatoms. The molecule has 1 aliphatic heterocycles. The first-order chi connectivity index (χ1) is 20.3. The molecule has 222 valence electrons. The SMILES string of the molecule is CCOc1ccc(N(CC(=O)N/N=C\c2ccc(OCC(=O)N3CCOCC3)cc2)S(=O)(=O)c2ccc(Cl)cc2)cc1. The van der Waals surface area contributed by atoms with Crippen molar-refractivity contribution in [2.24, 2.45) is 5.10 Å². The lowest BCUT2D eigenvalue weighted by Crippen LogP contribution is -2.42. The zero-order chi connectivity index (χ0) is 30.0. The highest BCUT2D eigenvalue weighted by atomic mass is 35.5. The number of benzene rings is 3. The number of morpholine rings is 1. The lowest BCUT2D eigenvalue weighted by molar-refractivity contribution is -0.137. The van der Waals surface area contributed by atoms with E-state index >= 15 is 0 Å². The molecule has 0 saturated carbocycles. The molecule has 0 spiro atoms. The number of carbonyl (C=O) groups is 2. The van der Waals surface area contributed by atoms with Gasteiger partial charge in [-0.15, -0.1) is 0 Å². The van der Waals surface area contributed by atoms with Gasteiger partial charge in [0.1, 0.15) is 18.0 Å². The molecular weight excluding hydrogens is 584 g/mol. The van der Waals surface area contributed by atoms with E-state index in [0.29, 0.717) is 55.0 Å². The summed E-state index contributed by atoms with van der Waals surface area (Å²) in [5.74, 6) is 0.318. The Balaban J connectivity index is 1.38. The van der Waals surface area contributed by atoms with Crippen LogP contribution in [-0.4, -0.2) is 77.4 Å². The van der Waals surface area contributed by atoms with Gasteiger partial charge in [-0.1, -0.05) is 11.6 Å². The second-order valence-electron chi connectivity index (χ2n) is 9.04. The molecule has 0 radical (unpaired) electrons. The maximum atomic E-state index is 13.5. The molecule has 0 aliphatic carbocycles. The quantitative estimate of drug-likeness (QED) is 0.245. The van der Waals surface area contributed by atoms with E-state index in [1.807, 2.05) is 6.92 Å². The second kappa shape index (κ2) is 14.7. The number of carbonyl (C=O) groups excluding carboxylic acids is 2. The third kappa shape index (κ3) is 8.44. The average Bonchev–Trinajstić information content (AvgIpc) is 3.00. The van der Waals surface area contributed by atoms with Crippen molar-refractivity contribution in [3.8, 4) is 11.5 Å². The highest BCUT2D eigenvalue weighted by Gasteiger charge is 2.27. The molecule has 42 heavy (non-hydrogen) atoms. The first kappa shape index (κ1) is 30.8. The third-order valence-electron chi connectivity index (χ3n) is 6.13. The van der Waals surface area contributed by atoms with Gasteiger partial charge in [-0.05, 0) is 85.3 Å². The van der Waals surface area contributed by atoms with E-state index in [1.165, 1.54) is 30.5 Å². The van der Waals surface area contributed by atoms with Crippen LogP contribution in [0, 0.1) is 0 Å². The van der Waals surface area contributed by atoms with Crippen molar-refractivity contribution in [2.45, 2.75) is 11.8 Å². The predicted molar refractivity (Wildman–Crippen MR) is 159 cm³/mol.